The molecule has 0 aliphatic heterocycles. The van der Waals surface area contributed by atoms with E-state index in [4.69, 9.17) is 5.10 Å². The first-order valence-electron chi connectivity index (χ1n) is 10.6. The van der Waals surface area contributed by atoms with E-state index in [2.05, 4.69) is 38.8 Å². The number of pyridine rings is 1. The van der Waals surface area contributed by atoms with Gasteiger partial charge in [-0.1, -0.05) is 24.3 Å². The van der Waals surface area contributed by atoms with Crippen LogP contribution in [0.4, 0.5) is 0 Å². The Balaban J connectivity index is 1.65. The number of aromatic nitrogens is 3. The normalized spacial score (nSPS) is 16.9. The zero-order valence-corrected chi connectivity index (χ0v) is 16.6. The minimum atomic E-state index is 0.248. The summed E-state index contributed by atoms with van der Waals surface area (Å²) in [5.41, 5.74) is 6.10. The number of rotatable bonds is 5. The number of aryl methyl sites for hydroxylation is 1. The Morgan fingerprint density at radius 3 is 2.64 bits per heavy atom. The first-order chi connectivity index (χ1) is 13.8. The predicted octanol–water partition coefficient (Wildman–Crippen LogP) is 3.57. The fourth-order valence-electron chi connectivity index (χ4n) is 4.84. The Bertz CT molecular complexity index is 1070. The molecule has 0 atom stereocenters. The highest BCUT2D eigenvalue weighted by Crippen LogP contribution is 2.35. The van der Waals surface area contributed by atoms with Crippen molar-refractivity contribution in [3.8, 4) is 0 Å². The molecule has 1 N–H and O–H groups in total. The first kappa shape index (κ1) is 17.7. The molecular formula is C23H28N4O. The van der Waals surface area contributed by atoms with Gasteiger partial charge in [0.05, 0.1) is 12.7 Å². The Labute approximate surface area is 165 Å². The minimum Gasteiger partial charge on any atom is -0.316 e. The zero-order valence-electron chi connectivity index (χ0n) is 16.6. The Hall–Kier alpha value is -2.40. The molecule has 2 aromatic heterocycles. The van der Waals surface area contributed by atoms with Gasteiger partial charge in [-0.3, -0.25) is 9.36 Å². The molecule has 5 rings (SSSR count). The molecule has 2 aliphatic carbocycles. The summed E-state index contributed by atoms with van der Waals surface area (Å²) in [6.07, 6.45) is 9.68. The van der Waals surface area contributed by atoms with Gasteiger partial charge >= 0.3 is 0 Å². The molecule has 5 heteroatoms. The molecule has 28 heavy (non-hydrogen) atoms. The highest BCUT2D eigenvalue weighted by atomic mass is 16.1. The summed E-state index contributed by atoms with van der Waals surface area (Å²) >= 11 is 0. The fourth-order valence-corrected chi connectivity index (χ4v) is 4.84. The molecule has 1 aromatic carbocycles. The van der Waals surface area contributed by atoms with Gasteiger partial charge in [0.15, 0.2) is 0 Å². The van der Waals surface area contributed by atoms with Gasteiger partial charge in [0.2, 0.25) is 0 Å². The van der Waals surface area contributed by atoms with Gasteiger partial charge in [0.1, 0.15) is 5.65 Å². The lowest BCUT2D eigenvalue weighted by Gasteiger charge is -2.30. The highest BCUT2D eigenvalue weighted by Gasteiger charge is 2.28. The largest absolute Gasteiger partial charge is 0.316 e. The van der Waals surface area contributed by atoms with Crippen molar-refractivity contribution in [3.05, 3.63) is 63.1 Å². The summed E-state index contributed by atoms with van der Waals surface area (Å²) < 4.78 is 4.15. The second-order valence-corrected chi connectivity index (χ2v) is 8.31. The van der Waals surface area contributed by atoms with E-state index in [0.29, 0.717) is 12.6 Å². The maximum atomic E-state index is 13.4. The topological polar surface area (TPSA) is 51.9 Å². The number of hydrogen-bond donors (Lipinski definition) is 1. The van der Waals surface area contributed by atoms with Crippen molar-refractivity contribution in [2.45, 2.75) is 64.1 Å². The summed E-state index contributed by atoms with van der Waals surface area (Å²) in [4.78, 5) is 13.4. The van der Waals surface area contributed by atoms with Crippen molar-refractivity contribution >= 4 is 11.0 Å². The van der Waals surface area contributed by atoms with Crippen molar-refractivity contribution in [1.82, 2.24) is 19.7 Å². The third-order valence-corrected chi connectivity index (χ3v) is 6.45. The van der Waals surface area contributed by atoms with E-state index >= 15 is 0 Å². The Morgan fingerprint density at radius 1 is 1.11 bits per heavy atom. The quantitative estimate of drug-likeness (QED) is 0.741. The molecule has 1 saturated carbocycles. The maximum Gasteiger partial charge on any atom is 0.255 e. The van der Waals surface area contributed by atoms with Gasteiger partial charge < -0.3 is 5.32 Å². The van der Waals surface area contributed by atoms with Crippen LogP contribution in [0.5, 0.6) is 0 Å². The van der Waals surface area contributed by atoms with Gasteiger partial charge in [-0.05, 0) is 68.7 Å². The summed E-state index contributed by atoms with van der Waals surface area (Å²) in [6, 6.07) is 8.97. The average Bonchev–Trinajstić information content (AvgIpc) is 3.08. The van der Waals surface area contributed by atoms with Crippen LogP contribution in [0.1, 0.15) is 60.4 Å². The molecule has 0 unspecified atom stereocenters. The predicted molar refractivity (Wildman–Crippen MR) is 112 cm³/mol. The lowest BCUT2D eigenvalue weighted by Crippen LogP contribution is -2.34. The van der Waals surface area contributed by atoms with Crippen LogP contribution in [0.2, 0.25) is 0 Å². The van der Waals surface area contributed by atoms with Gasteiger partial charge in [-0.15, -0.1) is 0 Å². The summed E-state index contributed by atoms with van der Waals surface area (Å²) in [5.74, 6) is 0. The van der Waals surface area contributed by atoms with Gasteiger partial charge in [-0.25, -0.2) is 4.68 Å². The van der Waals surface area contributed by atoms with Crippen LogP contribution in [0, 0.1) is 0 Å². The monoisotopic (exact) mass is 376 g/mol. The molecule has 3 aromatic rings. The molecule has 0 bridgehead atoms. The Kier molecular flexibility index (Phi) is 4.55. The summed E-state index contributed by atoms with van der Waals surface area (Å²) in [6.45, 7) is 1.56. The van der Waals surface area contributed by atoms with E-state index in [-0.39, 0.29) is 5.56 Å². The molecule has 0 saturated heterocycles. The molecule has 1 fully saturated rings. The molecule has 5 nitrogen and oxygen atoms in total. The van der Waals surface area contributed by atoms with E-state index in [1.807, 2.05) is 13.2 Å². The SMILES string of the molecule is CNCc1cccc(Cn2ncc3c4c(c(=O)n(C5CCC5)c32)CCCC4)c1. The van der Waals surface area contributed by atoms with E-state index < -0.39 is 0 Å². The zero-order chi connectivity index (χ0) is 19.1. The summed E-state index contributed by atoms with van der Waals surface area (Å²) in [7, 11) is 1.97. The van der Waals surface area contributed by atoms with Gasteiger partial charge in [0, 0.05) is 23.5 Å². The number of nitrogens with zero attached hydrogens (tertiary/aromatic N) is 3. The van der Waals surface area contributed by atoms with E-state index in [1.165, 1.54) is 34.9 Å². The molecule has 0 radical (unpaired) electrons. The van der Waals surface area contributed by atoms with Crippen LogP contribution in [0.3, 0.4) is 0 Å². The van der Waals surface area contributed by atoms with Gasteiger partial charge in [-0.2, -0.15) is 5.10 Å². The molecule has 0 spiro atoms. The average molecular weight is 377 g/mol. The van der Waals surface area contributed by atoms with Crippen molar-refractivity contribution in [3.63, 3.8) is 0 Å². The number of hydrogen-bond acceptors (Lipinski definition) is 3. The standard InChI is InChI=1S/C23H28N4O/c1-24-13-16-6-4-7-17(12-16)15-26-22-21(14-25-26)19-10-2-3-11-20(19)23(28)27(22)18-8-5-9-18/h4,6-7,12,14,18,24H,2-3,5,8-11,13,15H2,1H3. The number of nitrogens with one attached hydrogen (secondary N) is 1. The van der Waals surface area contributed by atoms with Gasteiger partial charge in [0.25, 0.3) is 5.56 Å². The Morgan fingerprint density at radius 2 is 1.89 bits per heavy atom. The first-order valence-corrected chi connectivity index (χ1v) is 10.6. The smallest absolute Gasteiger partial charge is 0.255 e. The van der Waals surface area contributed by atoms with Crippen LogP contribution in [-0.2, 0) is 25.9 Å². The maximum absolute atomic E-state index is 13.4. The van der Waals surface area contributed by atoms with E-state index in [0.717, 1.165) is 49.9 Å². The minimum absolute atomic E-state index is 0.248. The van der Waals surface area contributed by atoms with Crippen LogP contribution < -0.4 is 10.9 Å². The van der Waals surface area contributed by atoms with Crippen molar-refractivity contribution in [1.29, 1.82) is 0 Å². The van der Waals surface area contributed by atoms with Crippen LogP contribution in [0.15, 0.2) is 35.3 Å². The van der Waals surface area contributed by atoms with Crippen LogP contribution in [0.25, 0.3) is 11.0 Å². The van der Waals surface area contributed by atoms with Crippen molar-refractivity contribution in [2.24, 2.45) is 0 Å². The fraction of sp³-hybridized carbons (Fsp3) is 0.478. The molecule has 0 amide bonds. The summed E-state index contributed by atoms with van der Waals surface area (Å²) in [5, 5.41) is 9.17. The lowest BCUT2D eigenvalue weighted by molar-refractivity contribution is 0.309. The third-order valence-electron chi connectivity index (χ3n) is 6.45. The van der Waals surface area contributed by atoms with Crippen molar-refractivity contribution in [2.75, 3.05) is 7.05 Å². The number of benzene rings is 1. The molecular weight excluding hydrogens is 348 g/mol. The highest BCUT2D eigenvalue weighted by molar-refractivity contribution is 5.81. The van der Waals surface area contributed by atoms with E-state index in [9.17, 15) is 4.79 Å². The number of fused-ring (bicyclic) bond motifs is 3. The second kappa shape index (κ2) is 7.21. The second-order valence-electron chi connectivity index (χ2n) is 8.31. The van der Waals surface area contributed by atoms with Crippen molar-refractivity contribution < 1.29 is 0 Å². The molecule has 2 aliphatic rings. The lowest BCUT2D eigenvalue weighted by atomic mass is 9.88. The van der Waals surface area contributed by atoms with Crippen LogP contribution >= 0.6 is 0 Å². The molecule has 2 heterocycles. The van der Waals surface area contributed by atoms with E-state index in [1.54, 1.807) is 0 Å². The van der Waals surface area contributed by atoms with Crippen LogP contribution in [-0.4, -0.2) is 21.4 Å². The third kappa shape index (κ3) is 2.89. The molecule has 146 valence electrons.